The molecule has 0 spiro atoms. The van der Waals surface area contributed by atoms with E-state index in [0.717, 1.165) is 49.5 Å². The number of carbonyl (C=O) groups excluding carboxylic acids is 1. The Labute approximate surface area is 142 Å². The normalized spacial score (nSPS) is 15.7. The van der Waals surface area contributed by atoms with Crippen molar-refractivity contribution in [1.29, 1.82) is 0 Å². The van der Waals surface area contributed by atoms with Gasteiger partial charge in [-0.15, -0.1) is 11.3 Å². The van der Waals surface area contributed by atoms with Crippen LogP contribution in [-0.4, -0.2) is 73.5 Å². The van der Waals surface area contributed by atoms with Gasteiger partial charge in [0.25, 0.3) is 0 Å². The van der Waals surface area contributed by atoms with Crippen LogP contribution < -0.4 is 10.2 Å². The number of carbonyl (C=O) groups is 1. The lowest BCUT2D eigenvalue weighted by atomic mass is 10.3. The first kappa shape index (κ1) is 17.5. The molecule has 0 atom stereocenters. The van der Waals surface area contributed by atoms with Crippen molar-refractivity contribution in [3.8, 4) is 0 Å². The number of hydrogen-bond donors (Lipinski definition) is 1. The van der Waals surface area contributed by atoms with E-state index in [0.29, 0.717) is 6.54 Å². The summed E-state index contributed by atoms with van der Waals surface area (Å²) < 4.78 is 0. The van der Waals surface area contributed by atoms with Gasteiger partial charge in [0.15, 0.2) is 11.1 Å². The highest BCUT2D eigenvalue weighted by atomic mass is 32.1. The van der Waals surface area contributed by atoms with Crippen LogP contribution >= 0.6 is 11.3 Å². The molecule has 1 aromatic rings. The lowest BCUT2D eigenvalue weighted by Crippen LogP contribution is -2.53. The molecule has 0 aliphatic carbocycles. The van der Waals surface area contributed by atoms with E-state index in [1.54, 1.807) is 18.3 Å². The van der Waals surface area contributed by atoms with Crippen LogP contribution in [0.4, 0.5) is 5.13 Å². The van der Waals surface area contributed by atoms with Crippen molar-refractivity contribution in [2.24, 2.45) is 4.99 Å². The molecule has 1 aromatic heterocycles. The largest absolute Gasteiger partial charge is 0.357 e. The predicted molar refractivity (Wildman–Crippen MR) is 95.1 cm³/mol. The van der Waals surface area contributed by atoms with Crippen molar-refractivity contribution >= 4 is 28.3 Å². The molecular formula is C15H26N6OS. The van der Waals surface area contributed by atoms with Crippen LogP contribution in [0.5, 0.6) is 0 Å². The fourth-order valence-corrected chi connectivity index (χ4v) is 3.14. The Kier molecular flexibility index (Phi) is 6.20. The second-order valence-corrected chi connectivity index (χ2v) is 6.52. The summed E-state index contributed by atoms with van der Waals surface area (Å²) >= 11 is 1.63. The maximum atomic E-state index is 11.4. The van der Waals surface area contributed by atoms with Crippen molar-refractivity contribution in [3.05, 3.63) is 11.1 Å². The number of nitrogens with zero attached hydrogens (tertiary/aromatic N) is 5. The summed E-state index contributed by atoms with van der Waals surface area (Å²) in [7, 11) is 3.98. The van der Waals surface area contributed by atoms with E-state index >= 15 is 0 Å². The molecule has 0 unspecified atom stereocenters. The Bertz CT molecular complexity index is 548. The maximum Gasteiger partial charge on any atom is 0.219 e. The summed E-state index contributed by atoms with van der Waals surface area (Å²) in [4.78, 5) is 26.8. The molecule has 2 heterocycles. The predicted octanol–water partition coefficient (Wildman–Crippen LogP) is 0.839. The van der Waals surface area contributed by atoms with Crippen molar-refractivity contribution in [2.75, 3.05) is 51.7 Å². The summed E-state index contributed by atoms with van der Waals surface area (Å²) in [5.74, 6) is 1.04. The third-order valence-electron chi connectivity index (χ3n) is 3.67. The summed E-state index contributed by atoms with van der Waals surface area (Å²) in [6.45, 7) is 8.21. The van der Waals surface area contributed by atoms with Gasteiger partial charge in [-0.1, -0.05) is 0 Å². The monoisotopic (exact) mass is 338 g/mol. The first-order valence-corrected chi connectivity index (χ1v) is 8.79. The number of rotatable bonds is 4. The Balaban J connectivity index is 1.98. The van der Waals surface area contributed by atoms with E-state index in [9.17, 15) is 4.79 Å². The highest BCUT2D eigenvalue weighted by Crippen LogP contribution is 2.18. The minimum absolute atomic E-state index is 0.144. The van der Waals surface area contributed by atoms with Crippen molar-refractivity contribution < 1.29 is 4.79 Å². The molecular weight excluding hydrogens is 312 g/mol. The van der Waals surface area contributed by atoms with E-state index in [1.807, 2.05) is 23.9 Å². The zero-order valence-corrected chi connectivity index (χ0v) is 15.2. The first-order valence-electron chi connectivity index (χ1n) is 7.91. The Hall–Kier alpha value is -1.83. The minimum Gasteiger partial charge on any atom is -0.357 e. The van der Waals surface area contributed by atoms with Crippen LogP contribution in [0.2, 0.25) is 0 Å². The highest BCUT2D eigenvalue weighted by molar-refractivity contribution is 7.13. The average molecular weight is 338 g/mol. The Morgan fingerprint density at radius 3 is 2.52 bits per heavy atom. The first-order chi connectivity index (χ1) is 11.0. The van der Waals surface area contributed by atoms with E-state index in [2.05, 4.69) is 27.5 Å². The number of thiazole rings is 1. The second-order valence-electron chi connectivity index (χ2n) is 5.68. The average Bonchev–Trinajstić information content (AvgIpc) is 3.01. The fourth-order valence-electron chi connectivity index (χ4n) is 2.39. The summed E-state index contributed by atoms with van der Waals surface area (Å²) in [6.07, 6.45) is 0. The number of nitrogens with one attached hydrogen (secondary N) is 1. The molecule has 23 heavy (non-hydrogen) atoms. The summed E-state index contributed by atoms with van der Waals surface area (Å²) in [5.41, 5.74) is 0.983. The van der Waals surface area contributed by atoms with Crippen LogP contribution in [0.25, 0.3) is 0 Å². The zero-order valence-electron chi connectivity index (χ0n) is 14.4. The standard InChI is InChI=1S/C15H26N6OS/c1-5-16-14(21-8-6-20(7-9-21)12(2)22)17-10-13-11-23-15(18-13)19(3)4/h11H,5-10H2,1-4H3,(H,16,17). The van der Waals surface area contributed by atoms with Crippen LogP contribution in [0, 0.1) is 0 Å². The number of aliphatic imine (C=N–C) groups is 1. The number of piperazine rings is 1. The topological polar surface area (TPSA) is 64.1 Å². The molecule has 1 aliphatic rings. The van der Waals surface area contributed by atoms with Crippen LogP contribution in [-0.2, 0) is 11.3 Å². The molecule has 2 rings (SSSR count). The summed E-state index contributed by atoms with van der Waals surface area (Å²) in [5, 5.41) is 6.38. The highest BCUT2D eigenvalue weighted by Gasteiger charge is 2.20. The van der Waals surface area contributed by atoms with Gasteiger partial charge in [-0.25, -0.2) is 9.98 Å². The van der Waals surface area contributed by atoms with Crippen molar-refractivity contribution in [1.82, 2.24) is 20.1 Å². The van der Waals surface area contributed by atoms with Gasteiger partial charge in [-0.05, 0) is 6.92 Å². The number of amides is 1. The molecule has 1 saturated heterocycles. The minimum atomic E-state index is 0.144. The number of aromatic nitrogens is 1. The molecule has 1 aliphatic heterocycles. The molecule has 7 nitrogen and oxygen atoms in total. The van der Waals surface area contributed by atoms with Gasteiger partial charge in [0, 0.05) is 59.1 Å². The maximum absolute atomic E-state index is 11.4. The van der Waals surface area contributed by atoms with E-state index in [4.69, 9.17) is 4.99 Å². The smallest absolute Gasteiger partial charge is 0.219 e. The van der Waals surface area contributed by atoms with Crippen LogP contribution in [0.3, 0.4) is 0 Å². The van der Waals surface area contributed by atoms with Crippen LogP contribution in [0.1, 0.15) is 19.5 Å². The van der Waals surface area contributed by atoms with E-state index < -0.39 is 0 Å². The molecule has 1 N–H and O–H groups in total. The van der Waals surface area contributed by atoms with Gasteiger partial charge in [-0.2, -0.15) is 0 Å². The molecule has 0 aromatic carbocycles. The van der Waals surface area contributed by atoms with Gasteiger partial charge < -0.3 is 20.0 Å². The van der Waals surface area contributed by atoms with Crippen molar-refractivity contribution in [3.63, 3.8) is 0 Å². The third kappa shape index (κ3) is 4.82. The molecule has 8 heteroatoms. The molecule has 1 fully saturated rings. The lowest BCUT2D eigenvalue weighted by molar-refractivity contribution is -0.130. The lowest BCUT2D eigenvalue weighted by Gasteiger charge is -2.36. The molecule has 0 radical (unpaired) electrons. The van der Waals surface area contributed by atoms with E-state index in [1.165, 1.54) is 0 Å². The van der Waals surface area contributed by atoms with Gasteiger partial charge in [-0.3, -0.25) is 4.79 Å². The SMILES string of the molecule is CCNC(=NCc1csc(N(C)C)n1)N1CCN(C(C)=O)CC1. The van der Waals surface area contributed by atoms with E-state index in [-0.39, 0.29) is 5.91 Å². The second kappa shape index (κ2) is 8.14. The molecule has 0 saturated carbocycles. The fraction of sp³-hybridized carbons (Fsp3) is 0.667. The Morgan fingerprint density at radius 1 is 1.35 bits per heavy atom. The third-order valence-corrected chi connectivity index (χ3v) is 4.73. The summed E-state index contributed by atoms with van der Waals surface area (Å²) in [6, 6.07) is 0. The van der Waals surface area contributed by atoms with Gasteiger partial charge >= 0.3 is 0 Å². The number of guanidine groups is 1. The Morgan fingerprint density at radius 2 is 2.00 bits per heavy atom. The number of anilines is 1. The zero-order chi connectivity index (χ0) is 16.8. The molecule has 0 bridgehead atoms. The molecule has 128 valence electrons. The van der Waals surface area contributed by atoms with Crippen LogP contribution in [0.15, 0.2) is 10.4 Å². The van der Waals surface area contributed by atoms with Gasteiger partial charge in [0.2, 0.25) is 5.91 Å². The van der Waals surface area contributed by atoms with Crippen molar-refractivity contribution in [2.45, 2.75) is 20.4 Å². The van der Waals surface area contributed by atoms with Gasteiger partial charge in [0.1, 0.15) is 0 Å². The quantitative estimate of drug-likeness (QED) is 0.651. The molecule has 1 amide bonds. The number of hydrogen-bond acceptors (Lipinski definition) is 5. The van der Waals surface area contributed by atoms with Gasteiger partial charge in [0.05, 0.1) is 12.2 Å².